The Kier molecular flexibility index (Phi) is 4.27. The van der Waals surface area contributed by atoms with E-state index in [-0.39, 0.29) is 11.4 Å². The number of aryl methyl sites for hydroxylation is 1. The van der Waals surface area contributed by atoms with Crippen LogP contribution in [0.5, 0.6) is 11.5 Å². The van der Waals surface area contributed by atoms with Crippen molar-refractivity contribution >= 4 is 18.1 Å². The van der Waals surface area contributed by atoms with Crippen LogP contribution in [0.2, 0.25) is 0 Å². The Morgan fingerprint density at radius 3 is 2.71 bits per heavy atom. The summed E-state index contributed by atoms with van der Waals surface area (Å²) in [7, 11) is 1.48. The number of carboxylic acids is 1. The number of methoxy groups -OCH3 is 1. The van der Waals surface area contributed by atoms with E-state index in [2.05, 4.69) is 5.10 Å². The second-order valence-corrected chi connectivity index (χ2v) is 4.34. The molecule has 0 saturated carbocycles. The van der Waals surface area contributed by atoms with Crippen molar-refractivity contribution in [2.24, 2.45) is 0 Å². The number of phenols is 1. The first-order chi connectivity index (χ1) is 10.0. The minimum atomic E-state index is -1.00. The van der Waals surface area contributed by atoms with Crippen molar-refractivity contribution in [2.75, 3.05) is 7.11 Å². The Hall–Kier alpha value is -2.76. The molecule has 1 heterocycles. The molecular formula is C15H16N2O4. The van der Waals surface area contributed by atoms with E-state index in [1.165, 1.54) is 23.9 Å². The molecule has 0 saturated heterocycles. The molecule has 1 aromatic carbocycles. The molecule has 6 heteroatoms. The van der Waals surface area contributed by atoms with Gasteiger partial charge in [-0.05, 0) is 36.8 Å². The van der Waals surface area contributed by atoms with E-state index in [0.29, 0.717) is 18.0 Å². The SMILES string of the molecule is CCn1nc(C=Cc2ccc(O)c(OC)c2)cc1C(=O)O. The molecule has 110 valence electrons. The number of benzene rings is 1. The zero-order valence-electron chi connectivity index (χ0n) is 11.8. The molecule has 2 aromatic rings. The Balaban J connectivity index is 2.27. The van der Waals surface area contributed by atoms with Crippen LogP contribution in [0.4, 0.5) is 0 Å². The Morgan fingerprint density at radius 2 is 2.14 bits per heavy atom. The molecule has 0 atom stereocenters. The van der Waals surface area contributed by atoms with Crippen molar-refractivity contribution in [1.82, 2.24) is 9.78 Å². The van der Waals surface area contributed by atoms with Crippen molar-refractivity contribution in [1.29, 1.82) is 0 Å². The van der Waals surface area contributed by atoms with Crippen molar-refractivity contribution in [2.45, 2.75) is 13.5 Å². The molecular weight excluding hydrogens is 272 g/mol. The molecule has 0 fully saturated rings. The minimum Gasteiger partial charge on any atom is -0.504 e. The van der Waals surface area contributed by atoms with Crippen LogP contribution in [-0.4, -0.2) is 33.1 Å². The smallest absolute Gasteiger partial charge is 0.354 e. The number of nitrogens with zero attached hydrogens (tertiary/aromatic N) is 2. The third kappa shape index (κ3) is 3.22. The topological polar surface area (TPSA) is 84.6 Å². The number of aromatic carboxylic acids is 1. The predicted molar refractivity (Wildman–Crippen MR) is 78.4 cm³/mol. The summed E-state index contributed by atoms with van der Waals surface area (Å²) in [5, 5.41) is 22.8. The van der Waals surface area contributed by atoms with E-state index in [4.69, 9.17) is 9.84 Å². The van der Waals surface area contributed by atoms with Gasteiger partial charge in [0.25, 0.3) is 0 Å². The average molecular weight is 288 g/mol. The van der Waals surface area contributed by atoms with Gasteiger partial charge in [0.2, 0.25) is 0 Å². The normalized spacial score (nSPS) is 11.0. The van der Waals surface area contributed by atoms with Gasteiger partial charge in [0.1, 0.15) is 5.69 Å². The first kappa shape index (κ1) is 14.6. The molecule has 0 aliphatic carbocycles. The monoisotopic (exact) mass is 288 g/mol. The minimum absolute atomic E-state index is 0.0677. The molecule has 0 amide bonds. The van der Waals surface area contributed by atoms with Crippen molar-refractivity contribution in [3.8, 4) is 11.5 Å². The maximum absolute atomic E-state index is 11.1. The Morgan fingerprint density at radius 1 is 1.38 bits per heavy atom. The fraction of sp³-hybridized carbons (Fsp3) is 0.200. The number of aromatic hydroxyl groups is 1. The Bertz CT molecular complexity index is 689. The highest BCUT2D eigenvalue weighted by atomic mass is 16.5. The number of carboxylic acid groups (broad SMARTS) is 1. The largest absolute Gasteiger partial charge is 0.504 e. The number of rotatable bonds is 5. The van der Waals surface area contributed by atoms with Gasteiger partial charge in [-0.25, -0.2) is 4.79 Å². The molecule has 0 radical (unpaired) electrons. The second kappa shape index (κ2) is 6.13. The lowest BCUT2D eigenvalue weighted by atomic mass is 10.1. The van der Waals surface area contributed by atoms with E-state index < -0.39 is 5.97 Å². The van der Waals surface area contributed by atoms with E-state index in [0.717, 1.165) is 5.56 Å². The fourth-order valence-corrected chi connectivity index (χ4v) is 1.91. The predicted octanol–water partition coefficient (Wildman–Crippen LogP) is 2.49. The summed E-state index contributed by atoms with van der Waals surface area (Å²) in [6, 6.07) is 6.45. The van der Waals surface area contributed by atoms with Crippen LogP contribution in [0.25, 0.3) is 12.2 Å². The summed E-state index contributed by atoms with van der Waals surface area (Å²) in [4.78, 5) is 11.1. The number of hydrogen-bond donors (Lipinski definition) is 2. The summed E-state index contributed by atoms with van der Waals surface area (Å²) in [5.74, 6) is -0.559. The van der Waals surface area contributed by atoms with Crippen LogP contribution in [0, 0.1) is 0 Å². The summed E-state index contributed by atoms with van der Waals surface area (Å²) in [6.45, 7) is 2.32. The molecule has 1 aromatic heterocycles. The van der Waals surface area contributed by atoms with Gasteiger partial charge in [0.15, 0.2) is 11.5 Å². The van der Waals surface area contributed by atoms with E-state index >= 15 is 0 Å². The quantitative estimate of drug-likeness (QED) is 0.883. The Labute approximate surface area is 121 Å². The van der Waals surface area contributed by atoms with Gasteiger partial charge in [0, 0.05) is 6.54 Å². The van der Waals surface area contributed by atoms with Gasteiger partial charge in [-0.2, -0.15) is 5.10 Å². The third-order valence-electron chi connectivity index (χ3n) is 2.97. The number of hydrogen-bond acceptors (Lipinski definition) is 4. The lowest BCUT2D eigenvalue weighted by molar-refractivity contribution is 0.0683. The van der Waals surface area contributed by atoms with Gasteiger partial charge < -0.3 is 14.9 Å². The van der Waals surface area contributed by atoms with E-state index in [1.807, 2.05) is 6.92 Å². The van der Waals surface area contributed by atoms with E-state index in [1.54, 1.807) is 24.3 Å². The lowest BCUT2D eigenvalue weighted by Crippen LogP contribution is -2.07. The van der Waals surface area contributed by atoms with Gasteiger partial charge in [0.05, 0.1) is 12.8 Å². The number of phenolic OH excluding ortho intramolecular Hbond substituents is 1. The fourth-order valence-electron chi connectivity index (χ4n) is 1.91. The first-order valence-corrected chi connectivity index (χ1v) is 6.41. The van der Waals surface area contributed by atoms with Crippen LogP contribution in [-0.2, 0) is 6.54 Å². The third-order valence-corrected chi connectivity index (χ3v) is 2.97. The molecule has 0 bridgehead atoms. The molecule has 2 rings (SSSR count). The van der Waals surface area contributed by atoms with Gasteiger partial charge >= 0.3 is 5.97 Å². The van der Waals surface area contributed by atoms with Crippen LogP contribution >= 0.6 is 0 Å². The lowest BCUT2D eigenvalue weighted by Gasteiger charge is -2.03. The number of aromatic nitrogens is 2. The summed E-state index contributed by atoms with van der Waals surface area (Å²) >= 11 is 0. The molecule has 0 unspecified atom stereocenters. The van der Waals surface area contributed by atoms with Crippen LogP contribution in [0.3, 0.4) is 0 Å². The molecule has 21 heavy (non-hydrogen) atoms. The highest BCUT2D eigenvalue weighted by molar-refractivity contribution is 5.86. The molecule has 0 aliphatic heterocycles. The van der Waals surface area contributed by atoms with Gasteiger partial charge in [-0.15, -0.1) is 0 Å². The molecule has 2 N–H and O–H groups in total. The van der Waals surface area contributed by atoms with Crippen LogP contribution in [0.15, 0.2) is 24.3 Å². The number of carbonyl (C=O) groups is 1. The first-order valence-electron chi connectivity index (χ1n) is 6.41. The highest BCUT2D eigenvalue weighted by Crippen LogP contribution is 2.27. The van der Waals surface area contributed by atoms with Gasteiger partial charge in [-0.1, -0.05) is 12.1 Å². The van der Waals surface area contributed by atoms with Gasteiger partial charge in [-0.3, -0.25) is 4.68 Å². The zero-order chi connectivity index (χ0) is 15.4. The average Bonchev–Trinajstić information content (AvgIpc) is 2.90. The van der Waals surface area contributed by atoms with Crippen molar-refractivity contribution in [3.05, 3.63) is 41.2 Å². The standard InChI is InChI=1S/C15H16N2O4/c1-3-17-12(15(19)20)9-11(16-17)6-4-10-5-7-13(18)14(8-10)21-2/h4-9,18H,3H2,1-2H3,(H,19,20). The maximum atomic E-state index is 11.1. The number of ether oxygens (including phenoxy) is 1. The van der Waals surface area contributed by atoms with Crippen molar-refractivity contribution in [3.63, 3.8) is 0 Å². The van der Waals surface area contributed by atoms with Crippen LogP contribution in [0.1, 0.15) is 28.7 Å². The second-order valence-electron chi connectivity index (χ2n) is 4.34. The van der Waals surface area contributed by atoms with Crippen LogP contribution < -0.4 is 4.74 Å². The zero-order valence-corrected chi connectivity index (χ0v) is 11.8. The summed E-state index contributed by atoms with van der Waals surface area (Å²) in [5.41, 5.74) is 1.52. The van der Waals surface area contributed by atoms with Crippen molar-refractivity contribution < 1.29 is 19.7 Å². The summed E-state index contributed by atoms with van der Waals surface area (Å²) in [6.07, 6.45) is 3.49. The summed E-state index contributed by atoms with van der Waals surface area (Å²) < 4.78 is 6.46. The molecule has 0 spiro atoms. The molecule has 6 nitrogen and oxygen atoms in total. The van der Waals surface area contributed by atoms with E-state index in [9.17, 15) is 9.90 Å². The maximum Gasteiger partial charge on any atom is 0.354 e. The highest BCUT2D eigenvalue weighted by Gasteiger charge is 2.11. The molecule has 0 aliphatic rings.